The molecule has 170 valence electrons. The molecule has 2 aromatic rings. The SMILES string of the molecule is COc1ccc(CN2CCNC(=O)C2CC(=O)N2CCN(c3cnccn3)CC2)cc1C. The lowest BCUT2D eigenvalue weighted by Crippen LogP contribution is -2.57. The van der Waals surface area contributed by atoms with E-state index in [4.69, 9.17) is 4.74 Å². The molecule has 9 nitrogen and oxygen atoms in total. The number of ether oxygens (including phenoxy) is 1. The van der Waals surface area contributed by atoms with Crippen molar-refractivity contribution >= 4 is 17.6 Å². The molecule has 0 radical (unpaired) electrons. The van der Waals surface area contributed by atoms with Crippen molar-refractivity contribution in [1.29, 1.82) is 0 Å². The van der Waals surface area contributed by atoms with Gasteiger partial charge in [0.2, 0.25) is 11.8 Å². The lowest BCUT2D eigenvalue weighted by atomic mass is 10.0. The Morgan fingerprint density at radius 1 is 1.19 bits per heavy atom. The first-order valence-corrected chi connectivity index (χ1v) is 11.0. The second kappa shape index (κ2) is 9.95. The lowest BCUT2D eigenvalue weighted by molar-refractivity contribution is -0.139. The molecule has 2 amide bonds. The van der Waals surface area contributed by atoms with Crippen LogP contribution in [0.2, 0.25) is 0 Å². The van der Waals surface area contributed by atoms with Gasteiger partial charge in [0.25, 0.3) is 0 Å². The zero-order valence-electron chi connectivity index (χ0n) is 18.7. The third-order valence-corrected chi connectivity index (χ3v) is 6.16. The number of anilines is 1. The van der Waals surface area contributed by atoms with E-state index < -0.39 is 6.04 Å². The number of carbonyl (C=O) groups is 2. The molecule has 9 heteroatoms. The third-order valence-electron chi connectivity index (χ3n) is 6.16. The molecule has 1 atom stereocenters. The van der Waals surface area contributed by atoms with Crippen molar-refractivity contribution in [2.45, 2.75) is 25.9 Å². The number of nitrogens with zero attached hydrogens (tertiary/aromatic N) is 5. The van der Waals surface area contributed by atoms with Gasteiger partial charge in [0.05, 0.1) is 25.8 Å². The highest BCUT2D eigenvalue weighted by Crippen LogP contribution is 2.22. The Balaban J connectivity index is 1.37. The Hall–Kier alpha value is -3.20. The van der Waals surface area contributed by atoms with Crippen LogP contribution in [0.4, 0.5) is 5.82 Å². The minimum atomic E-state index is -0.461. The molecule has 3 heterocycles. The number of benzene rings is 1. The Labute approximate surface area is 188 Å². The number of hydrogen-bond acceptors (Lipinski definition) is 7. The number of nitrogens with one attached hydrogen (secondary N) is 1. The topological polar surface area (TPSA) is 90.9 Å². The first-order valence-electron chi connectivity index (χ1n) is 11.0. The van der Waals surface area contributed by atoms with Gasteiger partial charge in [0.1, 0.15) is 11.6 Å². The summed E-state index contributed by atoms with van der Waals surface area (Å²) in [6.45, 7) is 6.57. The quantitative estimate of drug-likeness (QED) is 0.714. The van der Waals surface area contributed by atoms with Crippen molar-refractivity contribution in [2.75, 3.05) is 51.3 Å². The number of carbonyl (C=O) groups excluding carboxylic acids is 2. The zero-order valence-corrected chi connectivity index (χ0v) is 18.7. The molecule has 1 N–H and O–H groups in total. The number of piperazine rings is 2. The summed E-state index contributed by atoms with van der Waals surface area (Å²) in [7, 11) is 1.66. The van der Waals surface area contributed by atoms with Crippen molar-refractivity contribution in [3.63, 3.8) is 0 Å². The summed E-state index contributed by atoms with van der Waals surface area (Å²) in [5, 5.41) is 2.92. The summed E-state index contributed by atoms with van der Waals surface area (Å²) in [6, 6.07) is 5.58. The molecule has 1 unspecified atom stereocenters. The second-order valence-corrected chi connectivity index (χ2v) is 8.22. The minimum absolute atomic E-state index is 0.0155. The number of methoxy groups -OCH3 is 1. The van der Waals surface area contributed by atoms with Gasteiger partial charge in [-0.3, -0.25) is 19.5 Å². The molecule has 0 bridgehead atoms. The van der Waals surface area contributed by atoms with E-state index >= 15 is 0 Å². The maximum atomic E-state index is 13.0. The molecule has 2 saturated heterocycles. The number of amides is 2. The van der Waals surface area contributed by atoms with Crippen molar-refractivity contribution in [2.24, 2.45) is 0 Å². The predicted molar refractivity (Wildman–Crippen MR) is 120 cm³/mol. The highest BCUT2D eigenvalue weighted by atomic mass is 16.5. The number of hydrogen-bond donors (Lipinski definition) is 1. The van der Waals surface area contributed by atoms with Gasteiger partial charge >= 0.3 is 0 Å². The lowest BCUT2D eigenvalue weighted by Gasteiger charge is -2.38. The van der Waals surface area contributed by atoms with Gasteiger partial charge < -0.3 is 19.9 Å². The van der Waals surface area contributed by atoms with E-state index in [2.05, 4.69) is 31.2 Å². The maximum Gasteiger partial charge on any atom is 0.237 e. The highest BCUT2D eigenvalue weighted by Gasteiger charge is 2.33. The normalized spacial score (nSPS) is 19.6. The van der Waals surface area contributed by atoms with Crippen LogP contribution in [0.5, 0.6) is 5.75 Å². The molecule has 0 spiro atoms. The molecular weight excluding hydrogens is 408 g/mol. The van der Waals surface area contributed by atoms with Gasteiger partial charge in [-0.1, -0.05) is 12.1 Å². The number of rotatable bonds is 6. The fraction of sp³-hybridized carbons (Fsp3) is 0.478. The standard InChI is InChI=1S/C23H30N6O3/c1-17-13-18(3-4-20(17)32-2)16-29-8-7-26-23(31)19(29)14-22(30)28-11-9-27(10-12-28)21-15-24-5-6-25-21/h3-6,13,15,19H,7-12,14,16H2,1-2H3,(H,26,31). The van der Waals surface area contributed by atoms with Gasteiger partial charge in [-0.05, 0) is 24.1 Å². The van der Waals surface area contributed by atoms with E-state index in [1.54, 1.807) is 25.7 Å². The Morgan fingerprint density at radius 2 is 2.00 bits per heavy atom. The molecule has 2 fully saturated rings. The molecule has 2 aliphatic heterocycles. The van der Waals surface area contributed by atoms with E-state index in [-0.39, 0.29) is 18.2 Å². The maximum absolute atomic E-state index is 13.0. The average Bonchev–Trinajstić information content (AvgIpc) is 2.82. The summed E-state index contributed by atoms with van der Waals surface area (Å²) in [4.78, 5) is 40.2. The monoisotopic (exact) mass is 438 g/mol. The van der Waals surface area contributed by atoms with E-state index in [1.165, 1.54) is 0 Å². The Morgan fingerprint density at radius 3 is 2.69 bits per heavy atom. The second-order valence-electron chi connectivity index (χ2n) is 8.22. The van der Waals surface area contributed by atoms with Crippen LogP contribution >= 0.6 is 0 Å². The minimum Gasteiger partial charge on any atom is -0.496 e. The summed E-state index contributed by atoms with van der Waals surface area (Å²) in [6.07, 6.45) is 5.25. The number of aromatic nitrogens is 2. The van der Waals surface area contributed by atoms with Crippen molar-refractivity contribution < 1.29 is 14.3 Å². The summed E-state index contributed by atoms with van der Waals surface area (Å²) >= 11 is 0. The average molecular weight is 439 g/mol. The van der Waals surface area contributed by atoms with Crippen LogP contribution in [0.15, 0.2) is 36.8 Å². The summed E-state index contributed by atoms with van der Waals surface area (Å²) in [5.41, 5.74) is 2.16. The number of aryl methyl sites for hydroxylation is 1. The van der Waals surface area contributed by atoms with Crippen molar-refractivity contribution in [3.8, 4) is 5.75 Å². The van der Waals surface area contributed by atoms with E-state index in [0.717, 1.165) is 29.2 Å². The molecule has 0 saturated carbocycles. The van der Waals surface area contributed by atoms with E-state index in [0.29, 0.717) is 39.3 Å². The zero-order chi connectivity index (χ0) is 22.5. The van der Waals surface area contributed by atoms with Gasteiger partial charge in [-0.2, -0.15) is 0 Å². The molecular formula is C23H30N6O3. The molecule has 32 heavy (non-hydrogen) atoms. The van der Waals surface area contributed by atoms with Crippen LogP contribution in [0.25, 0.3) is 0 Å². The summed E-state index contributed by atoms with van der Waals surface area (Å²) in [5.74, 6) is 1.61. The van der Waals surface area contributed by atoms with Crippen LogP contribution in [-0.4, -0.2) is 84.0 Å². The fourth-order valence-corrected chi connectivity index (χ4v) is 4.38. The van der Waals surface area contributed by atoms with Crippen LogP contribution in [0, 0.1) is 6.92 Å². The fourth-order valence-electron chi connectivity index (χ4n) is 4.38. The molecule has 1 aromatic heterocycles. The van der Waals surface area contributed by atoms with Gasteiger partial charge in [0, 0.05) is 58.2 Å². The molecule has 0 aliphatic carbocycles. The van der Waals surface area contributed by atoms with Crippen LogP contribution in [0.3, 0.4) is 0 Å². The first-order chi connectivity index (χ1) is 15.5. The van der Waals surface area contributed by atoms with Crippen molar-refractivity contribution in [3.05, 3.63) is 47.9 Å². The summed E-state index contributed by atoms with van der Waals surface area (Å²) < 4.78 is 5.34. The van der Waals surface area contributed by atoms with Crippen LogP contribution < -0.4 is 15.0 Å². The van der Waals surface area contributed by atoms with Gasteiger partial charge in [-0.15, -0.1) is 0 Å². The molecule has 1 aromatic carbocycles. The third kappa shape index (κ3) is 4.99. The van der Waals surface area contributed by atoms with E-state index in [1.807, 2.05) is 24.0 Å². The van der Waals surface area contributed by atoms with Gasteiger partial charge in [-0.25, -0.2) is 4.98 Å². The van der Waals surface area contributed by atoms with Crippen LogP contribution in [-0.2, 0) is 16.1 Å². The molecule has 4 rings (SSSR count). The molecule has 2 aliphatic rings. The smallest absolute Gasteiger partial charge is 0.237 e. The predicted octanol–water partition coefficient (Wildman–Crippen LogP) is 0.833. The highest BCUT2D eigenvalue weighted by molar-refractivity contribution is 5.89. The van der Waals surface area contributed by atoms with Gasteiger partial charge in [0.15, 0.2) is 0 Å². The largest absolute Gasteiger partial charge is 0.496 e. The van der Waals surface area contributed by atoms with Crippen molar-refractivity contribution in [1.82, 2.24) is 25.1 Å². The van der Waals surface area contributed by atoms with E-state index in [9.17, 15) is 9.59 Å². The Kier molecular flexibility index (Phi) is 6.84. The van der Waals surface area contributed by atoms with Crippen LogP contribution in [0.1, 0.15) is 17.5 Å². The Bertz CT molecular complexity index is 946. The first kappa shape index (κ1) is 22.0.